The fourth-order valence-corrected chi connectivity index (χ4v) is 2.14. The zero-order valence-electron chi connectivity index (χ0n) is 13.9. The Hall–Kier alpha value is -3.76. The summed E-state index contributed by atoms with van der Waals surface area (Å²) < 4.78 is 51.1. The first-order valence-electron chi connectivity index (χ1n) is 7.74. The fourth-order valence-electron chi connectivity index (χ4n) is 2.14. The molecule has 8 nitrogen and oxygen atoms in total. The van der Waals surface area contributed by atoms with Crippen molar-refractivity contribution in [2.45, 2.75) is 12.9 Å². The smallest absolute Gasteiger partial charge is 0.459 e. The van der Waals surface area contributed by atoms with Gasteiger partial charge in [-0.05, 0) is 18.2 Å². The Morgan fingerprint density at radius 1 is 1.07 bits per heavy atom. The molecule has 0 fully saturated rings. The van der Waals surface area contributed by atoms with E-state index in [-0.39, 0.29) is 29.6 Å². The molecule has 0 saturated heterocycles. The van der Waals surface area contributed by atoms with Crippen LogP contribution in [0, 0.1) is 0 Å². The predicted molar refractivity (Wildman–Crippen MR) is 87.5 cm³/mol. The molecule has 2 amide bonds. The van der Waals surface area contributed by atoms with Crippen LogP contribution in [0.2, 0.25) is 0 Å². The third kappa shape index (κ3) is 4.90. The quantitative estimate of drug-likeness (QED) is 0.663. The van der Waals surface area contributed by atoms with Crippen LogP contribution in [0.4, 0.5) is 19.2 Å². The lowest BCUT2D eigenvalue weighted by atomic mass is 10.2. The molecule has 28 heavy (non-hydrogen) atoms. The minimum atomic E-state index is -4.85. The van der Waals surface area contributed by atoms with Crippen molar-refractivity contribution in [2.75, 3.05) is 5.32 Å². The van der Waals surface area contributed by atoms with Crippen LogP contribution < -0.4 is 15.4 Å². The van der Waals surface area contributed by atoms with Gasteiger partial charge in [0.05, 0.1) is 6.26 Å². The Kier molecular flexibility index (Phi) is 5.34. The molecule has 2 heterocycles. The summed E-state index contributed by atoms with van der Waals surface area (Å²) >= 11 is 0. The van der Waals surface area contributed by atoms with Crippen LogP contribution >= 0.6 is 0 Å². The lowest BCUT2D eigenvalue weighted by molar-refractivity contribution is -0.274. The van der Waals surface area contributed by atoms with Gasteiger partial charge in [-0.25, -0.2) is 0 Å². The maximum atomic E-state index is 12.4. The Morgan fingerprint density at radius 3 is 2.57 bits per heavy atom. The molecular formula is C17H12F3N3O5. The number of hydrogen-bond donors (Lipinski definition) is 2. The van der Waals surface area contributed by atoms with Crippen molar-refractivity contribution in [3.05, 3.63) is 65.9 Å². The second kappa shape index (κ2) is 7.86. The zero-order valence-corrected chi connectivity index (χ0v) is 13.9. The van der Waals surface area contributed by atoms with Gasteiger partial charge >= 0.3 is 12.4 Å². The molecule has 0 spiro atoms. The van der Waals surface area contributed by atoms with E-state index in [9.17, 15) is 22.8 Å². The number of furan rings is 1. The van der Waals surface area contributed by atoms with E-state index in [0.717, 1.165) is 12.3 Å². The highest BCUT2D eigenvalue weighted by Gasteiger charge is 2.32. The van der Waals surface area contributed by atoms with Crippen molar-refractivity contribution in [1.82, 2.24) is 10.3 Å². The number of oxazole rings is 1. The number of halogens is 3. The highest BCUT2D eigenvalue weighted by Crippen LogP contribution is 2.26. The molecule has 11 heteroatoms. The second-order valence-corrected chi connectivity index (χ2v) is 5.31. The number of nitrogens with one attached hydrogen (secondary N) is 2. The number of carbonyl (C=O) groups is 2. The van der Waals surface area contributed by atoms with Gasteiger partial charge in [0.2, 0.25) is 0 Å². The van der Waals surface area contributed by atoms with Crippen molar-refractivity contribution in [2.24, 2.45) is 0 Å². The number of carbonyl (C=O) groups excluding carboxylic acids is 2. The summed E-state index contributed by atoms with van der Waals surface area (Å²) in [4.78, 5) is 27.7. The average molecular weight is 395 g/mol. The first-order valence-corrected chi connectivity index (χ1v) is 7.74. The number of hydrogen-bond acceptors (Lipinski definition) is 6. The normalized spacial score (nSPS) is 11.1. The average Bonchev–Trinajstić information content (AvgIpc) is 3.31. The van der Waals surface area contributed by atoms with E-state index in [1.54, 1.807) is 0 Å². The number of ether oxygens (including phenoxy) is 1. The van der Waals surface area contributed by atoms with E-state index >= 15 is 0 Å². The highest BCUT2D eigenvalue weighted by molar-refractivity contribution is 6.01. The summed E-state index contributed by atoms with van der Waals surface area (Å²) in [5, 5.41) is 4.69. The molecule has 0 unspecified atom stereocenters. The number of anilines is 1. The topological polar surface area (TPSA) is 107 Å². The van der Waals surface area contributed by atoms with Gasteiger partial charge in [-0.2, -0.15) is 4.98 Å². The lowest BCUT2D eigenvalue weighted by Gasteiger charge is -2.13. The van der Waals surface area contributed by atoms with Gasteiger partial charge < -0.3 is 18.9 Å². The van der Waals surface area contributed by atoms with Crippen LogP contribution in [0.25, 0.3) is 0 Å². The molecule has 0 saturated carbocycles. The summed E-state index contributed by atoms with van der Waals surface area (Å²) in [5.41, 5.74) is -0.0630. The summed E-state index contributed by atoms with van der Waals surface area (Å²) in [5.74, 6) is -1.76. The molecule has 0 aliphatic carbocycles. The molecule has 146 valence electrons. The first-order chi connectivity index (χ1) is 13.3. The Morgan fingerprint density at radius 2 is 1.86 bits per heavy atom. The molecule has 3 aromatic rings. The van der Waals surface area contributed by atoms with Crippen molar-refractivity contribution >= 4 is 17.8 Å². The molecule has 1 aromatic carbocycles. The second-order valence-electron chi connectivity index (χ2n) is 5.31. The highest BCUT2D eigenvalue weighted by atomic mass is 19.4. The minimum absolute atomic E-state index is 0.0190. The summed E-state index contributed by atoms with van der Waals surface area (Å²) in [6.45, 7) is -0.244. The van der Waals surface area contributed by atoms with E-state index in [4.69, 9.17) is 8.83 Å². The summed E-state index contributed by atoms with van der Waals surface area (Å²) in [7, 11) is 0. The van der Waals surface area contributed by atoms with Gasteiger partial charge in [-0.15, -0.1) is 13.2 Å². The van der Waals surface area contributed by atoms with Crippen molar-refractivity contribution in [3.63, 3.8) is 0 Å². The van der Waals surface area contributed by atoms with Crippen LogP contribution in [-0.4, -0.2) is 23.2 Å². The molecule has 3 rings (SSSR count). The lowest BCUT2D eigenvalue weighted by Crippen LogP contribution is -2.24. The van der Waals surface area contributed by atoms with E-state index in [0.29, 0.717) is 0 Å². The van der Waals surface area contributed by atoms with Crippen LogP contribution in [0.15, 0.2) is 57.8 Å². The van der Waals surface area contributed by atoms with Gasteiger partial charge in [0.1, 0.15) is 12.0 Å². The van der Waals surface area contributed by atoms with Crippen molar-refractivity contribution in [3.8, 4) is 5.75 Å². The number of alkyl halides is 3. The van der Waals surface area contributed by atoms with Crippen LogP contribution in [0.5, 0.6) is 5.75 Å². The van der Waals surface area contributed by atoms with Crippen LogP contribution in [-0.2, 0) is 6.54 Å². The number of nitrogens with zero attached hydrogens (tertiary/aromatic N) is 1. The van der Waals surface area contributed by atoms with Gasteiger partial charge in [0, 0.05) is 12.1 Å². The van der Waals surface area contributed by atoms with Gasteiger partial charge in [-0.3, -0.25) is 14.9 Å². The SMILES string of the molecule is O=C(NCc1ccccc1OC(F)(F)F)c1coc(NC(=O)c2ccco2)n1. The molecule has 0 bridgehead atoms. The van der Waals surface area contributed by atoms with E-state index < -0.39 is 23.9 Å². The monoisotopic (exact) mass is 395 g/mol. The molecule has 2 aromatic heterocycles. The van der Waals surface area contributed by atoms with Gasteiger partial charge in [0.15, 0.2) is 11.5 Å². The first kappa shape index (κ1) is 19.0. The number of benzene rings is 1. The number of para-hydroxylation sites is 1. The zero-order chi connectivity index (χ0) is 20.1. The predicted octanol–water partition coefficient (Wildman–Crippen LogP) is 3.35. The minimum Gasteiger partial charge on any atom is -0.459 e. The third-order valence-corrected chi connectivity index (χ3v) is 3.34. The fraction of sp³-hybridized carbons (Fsp3) is 0.118. The molecule has 0 radical (unpaired) electrons. The Balaban J connectivity index is 1.60. The van der Waals surface area contributed by atoms with E-state index in [1.165, 1.54) is 36.6 Å². The maximum absolute atomic E-state index is 12.4. The molecular weight excluding hydrogens is 383 g/mol. The maximum Gasteiger partial charge on any atom is 0.573 e. The molecule has 2 N–H and O–H groups in total. The third-order valence-electron chi connectivity index (χ3n) is 3.34. The Labute approximate surface area is 155 Å². The van der Waals surface area contributed by atoms with Crippen molar-refractivity contribution in [1.29, 1.82) is 0 Å². The molecule has 0 atom stereocenters. The number of rotatable bonds is 6. The molecule has 0 aliphatic rings. The number of amides is 2. The van der Waals surface area contributed by atoms with Crippen molar-refractivity contribution < 1.29 is 36.3 Å². The van der Waals surface area contributed by atoms with E-state index in [2.05, 4.69) is 20.4 Å². The van der Waals surface area contributed by atoms with Crippen LogP contribution in [0.3, 0.4) is 0 Å². The Bertz CT molecular complexity index is 967. The standard InChI is InChI=1S/C17H12F3N3O5/c18-17(19,20)28-12-5-2-1-4-10(12)8-21-14(24)11-9-27-16(22-11)23-15(25)13-6-3-7-26-13/h1-7,9H,8H2,(H,21,24)(H,22,23,25). The van der Waals surface area contributed by atoms with Crippen LogP contribution in [0.1, 0.15) is 26.6 Å². The summed E-state index contributed by atoms with van der Waals surface area (Å²) in [6, 6.07) is 8.08. The largest absolute Gasteiger partial charge is 0.573 e. The molecule has 0 aliphatic heterocycles. The van der Waals surface area contributed by atoms with E-state index in [1.807, 2.05) is 0 Å². The van der Waals surface area contributed by atoms with Gasteiger partial charge in [-0.1, -0.05) is 18.2 Å². The number of aromatic nitrogens is 1. The van der Waals surface area contributed by atoms with Gasteiger partial charge in [0.25, 0.3) is 11.8 Å². The summed E-state index contributed by atoms with van der Waals surface area (Å²) in [6.07, 6.45) is -2.55.